The van der Waals surface area contributed by atoms with Crippen molar-refractivity contribution in [2.75, 3.05) is 25.2 Å². The number of aromatic nitrogens is 3. The van der Waals surface area contributed by atoms with Crippen LogP contribution in [0.1, 0.15) is 53.8 Å². The molecule has 1 aliphatic rings. The fraction of sp³-hybridized carbons (Fsp3) is 0.367. The fourth-order valence-electron chi connectivity index (χ4n) is 5.21. The van der Waals surface area contributed by atoms with Crippen LogP contribution in [-0.4, -0.2) is 59.1 Å². The van der Waals surface area contributed by atoms with Gasteiger partial charge in [-0.1, -0.05) is 55.8 Å². The molecule has 2 aromatic carbocycles. The van der Waals surface area contributed by atoms with Gasteiger partial charge >= 0.3 is 0 Å². The summed E-state index contributed by atoms with van der Waals surface area (Å²) in [5, 5.41) is 5.42. The zero-order valence-corrected chi connectivity index (χ0v) is 23.4. The van der Waals surface area contributed by atoms with Crippen LogP contribution in [0.5, 0.6) is 5.75 Å². The average molecular weight is 547 g/mol. The second-order valence-electron chi connectivity index (χ2n) is 10.1. The summed E-state index contributed by atoms with van der Waals surface area (Å²) < 4.78 is 31.8. The minimum atomic E-state index is -3.14. The highest BCUT2D eigenvalue weighted by Gasteiger charge is 2.33. The van der Waals surface area contributed by atoms with Crippen molar-refractivity contribution in [2.45, 2.75) is 45.7 Å². The van der Waals surface area contributed by atoms with Crippen LogP contribution in [0.25, 0.3) is 22.3 Å². The van der Waals surface area contributed by atoms with Gasteiger partial charge in [-0.15, -0.1) is 0 Å². The molecule has 39 heavy (non-hydrogen) atoms. The highest BCUT2D eigenvalue weighted by Crippen LogP contribution is 2.33. The van der Waals surface area contributed by atoms with E-state index >= 15 is 0 Å². The van der Waals surface area contributed by atoms with E-state index in [1.54, 1.807) is 11.8 Å². The Hall–Kier alpha value is -3.72. The van der Waals surface area contributed by atoms with E-state index < -0.39 is 9.84 Å². The summed E-state index contributed by atoms with van der Waals surface area (Å²) in [4.78, 5) is 21.2. The molecule has 1 aliphatic heterocycles. The fourth-order valence-corrected chi connectivity index (χ4v) is 6.90. The normalized spacial score (nSPS) is 16.4. The molecule has 0 spiro atoms. The van der Waals surface area contributed by atoms with E-state index in [1.165, 1.54) is 0 Å². The van der Waals surface area contributed by atoms with Crippen molar-refractivity contribution in [2.24, 2.45) is 0 Å². The highest BCUT2D eigenvalue weighted by atomic mass is 32.2. The van der Waals surface area contributed by atoms with Gasteiger partial charge in [0, 0.05) is 18.7 Å². The molecule has 0 saturated carbocycles. The lowest BCUT2D eigenvalue weighted by Gasteiger charge is -2.24. The number of hydrogen-bond acceptors (Lipinski definition) is 6. The first-order chi connectivity index (χ1) is 18.8. The van der Waals surface area contributed by atoms with E-state index in [0.717, 1.165) is 24.0 Å². The topological polar surface area (TPSA) is 94.4 Å². The van der Waals surface area contributed by atoms with Gasteiger partial charge in [-0.3, -0.25) is 4.79 Å². The molecular formula is C30H34N4O4S. The molecule has 0 aliphatic carbocycles. The summed E-state index contributed by atoms with van der Waals surface area (Å²) in [5.41, 5.74) is 4.20. The van der Waals surface area contributed by atoms with Crippen LogP contribution in [0, 0.1) is 6.92 Å². The van der Waals surface area contributed by atoms with Crippen LogP contribution in [0.4, 0.5) is 0 Å². The second-order valence-corrected chi connectivity index (χ2v) is 12.4. The van der Waals surface area contributed by atoms with E-state index in [2.05, 4.69) is 6.92 Å². The molecule has 2 aromatic heterocycles. The maximum Gasteiger partial charge on any atom is 0.255 e. The maximum atomic E-state index is 14.3. The van der Waals surface area contributed by atoms with Gasteiger partial charge in [-0.05, 0) is 43.5 Å². The molecular weight excluding hydrogens is 512 g/mol. The number of amides is 1. The van der Waals surface area contributed by atoms with Crippen LogP contribution in [0.15, 0.2) is 60.7 Å². The number of carbonyl (C=O) groups excluding carboxylic acids is 1. The number of methoxy groups -OCH3 is 1. The molecule has 4 aromatic rings. The van der Waals surface area contributed by atoms with Crippen LogP contribution >= 0.6 is 0 Å². The summed E-state index contributed by atoms with van der Waals surface area (Å²) in [6.07, 6.45) is 2.32. The number of aryl methyl sites for hydroxylation is 1. The van der Waals surface area contributed by atoms with Crippen molar-refractivity contribution in [1.82, 2.24) is 19.7 Å². The monoisotopic (exact) mass is 546 g/mol. The van der Waals surface area contributed by atoms with E-state index in [4.69, 9.17) is 14.8 Å². The first-order valence-electron chi connectivity index (χ1n) is 13.4. The van der Waals surface area contributed by atoms with E-state index in [1.807, 2.05) is 72.5 Å². The number of carbonyl (C=O) groups is 1. The maximum absolute atomic E-state index is 14.3. The summed E-state index contributed by atoms with van der Waals surface area (Å²) >= 11 is 0. The number of ether oxygens (including phenoxy) is 1. The van der Waals surface area contributed by atoms with Crippen LogP contribution in [0.3, 0.4) is 0 Å². The zero-order valence-electron chi connectivity index (χ0n) is 22.6. The van der Waals surface area contributed by atoms with Gasteiger partial charge in [0.05, 0.1) is 47.0 Å². The number of unbranched alkanes of at least 4 members (excludes halogenated alkanes) is 1. The molecule has 8 nitrogen and oxygen atoms in total. The number of sulfone groups is 1. The lowest BCUT2D eigenvalue weighted by Crippen LogP contribution is -2.32. The molecule has 1 fully saturated rings. The number of nitrogens with zero attached hydrogens (tertiary/aromatic N) is 4. The Kier molecular flexibility index (Phi) is 7.70. The van der Waals surface area contributed by atoms with E-state index in [0.29, 0.717) is 53.2 Å². The Morgan fingerprint density at radius 3 is 2.62 bits per heavy atom. The summed E-state index contributed by atoms with van der Waals surface area (Å²) in [6, 6.07) is 19.1. The molecule has 5 rings (SSSR count). The number of pyridine rings is 1. The van der Waals surface area contributed by atoms with Crippen molar-refractivity contribution < 1.29 is 17.9 Å². The lowest BCUT2D eigenvalue weighted by molar-refractivity contribution is 0.0742. The van der Waals surface area contributed by atoms with E-state index in [-0.39, 0.29) is 23.5 Å². The Morgan fingerprint density at radius 2 is 1.92 bits per heavy atom. The predicted octanol–water partition coefficient (Wildman–Crippen LogP) is 5.22. The van der Waals surface area contributed by atoms with Gasteiger partial charge in [0.1, 0.15) is 5.75 Å². The molecule has 0 radical (unpaired) electrons. The van der Waals surface area contributed by atoms with Gasteiger partial charge in [0.15, 0.2) is 15.5 Å². The Morgan fingerprint density at radius 1 is 1.13 bits per heavy atom. The van der Waals surface area contributed by atoms with Crippen LogP contribution in [0.2, 0.25) is 0 Å². The van der Waals surface area contributed by atoms with Crippen molar-refractivity contribution in [1.29, 1.82) is 0 Å². The molecule has 1 unspecified atom stereocenters. The minimum absolute atomic E-state index is 0.0220. The van der Waals surface area contributed by atoms with Gasteiger partial charge < -0.3 is 9.64 Å². The molecule has 9 heteroatoms. The van der Waals surface area contributed by atoms with Crippen molar-refractivity contribution in [3.8, 4) is 17.0 Å². The average Bonchev–Trinajstić information content (AvgIpc) is 3.49. The van der Waals surface area contributed by atoms with Gasteiger partial charge in [-0.2, -0.15) is 5.10 Å². The Labute approximate surface area is 229 Å². The van der Waals surface area contributed by atoms with Gasteiger partial charge in [0.2, 0.25) is 0 Å². The Balaban J connectivity index is 1.67. The van der Waals surface area contributed by atoms with E-state index in [9.17, 15) is 13.2 Å². The molecule has 0 N–H and O–H groups in total. The lowest BCUT2D eigenvalue weighted by atomic mass is 10.0. The highest BCUT2D eigenvalue weighted by molar-refractivity contribution is 7.91. The summed E-state index contributed by atoms with van der Waals surface area (Å²) in [7, 11) is -1.53. The second kappa shape index (κ2) is 11.2. The number of hydrogen-bond donors (Lipinski definition) is 0. The molecule has 204 valence electrons. The summed E-state index contributed by atoms with van der Waals surface area (Å²) in [5.74, 6) is 0.739. The zero-order chi connectivity index (χ0) is 27.6. The van der Waals surface area contributed by atoms with Crippen LogP contribution < -0.4 is 4.74 Å². The summed E-state index contributed by atoms with van der Waals surface area (Å²) in [6.45, 7) is 5.09. The first kappa shape index (κ1) is 26.9. The predicted molar refractivity (Wildman–Crippen MR) is 153 cm³/mol. The smallest absolute Gasteiger partial charge is 0.255 e. The number of benzene rings is 2. The molecule has 1 saturated heterocycles. The third kappa shape index (κ3) is 5.68. The third-order valence-corrected chi connectivity index (χ3v) is 9.02. The first-order valence-corrected chi connectivity index (χ1v) is 15.2. The standard InChI is InChI=1S/C30H34N4O4S/c1-4-5-15-33(19-22-10-7-6-8-11-22)30(35)26-18-27(23-12-9-13-25(17-23)38-3)31-29-28(26)21(2)32-34(29)24-14-16-39(36,37)20-24/h6-13,17-18,24H,4-5,14-16,19-20H2,1-3H3. The van der Waals surface area contributed by atoms with Crippen molar-refractivity contribution in [3.63, 3.8) is 0 Å². The number of rotatable bonds is 9. The molecule has 3 heterocycles. The minimum Gasteiger partial charge on any atom is -0.497 e. The van der Waals surface area contributed by atoms with Crippen LogP contribution in [-0.2, 0) is 16.4 Å². The quantitative estimate of drug-likeness (QED) is 0.286. The molecule has 1 atom stereocenters. The third-order valence-electron chi connectivity index (χ3n) is 7.27. The number of fused-ring (bicyclic) bond motifs is 1. The van der Waals surface area contributed by atoms with Gasteiger partial charge in [0.25, 0.3) is 5.91 Å². The van der Waals surface area contributed by atoms with Crippen molar-refractivity contribution in [3.05, 3.63) is 77.5 Å². The van der Waals surface area contributed by atoms with Crippen molar-refractivity contribution >= 4 is 26.8 Å². The van der Waals surface area contributed by atoms with Gasteiger partial charge in [-0.25, -0.2) is 18.1 Å². The molecule has 1 amide bonds. The SMILES string of the molecule is CCCCN(Cc1ccccc1)C(=O)c1cc(-c2cccc(OC)c2)nc2c1c(C)nn2C1CCS(=O)(=O)C1. The molecule has 0 bridgehead atoms. The largest absolute Gasteiger partial charge is 0.497 e. The Bertz CT molecular complexity index is 1600.